The number of fused-ring (bicyclic) bond motifs is 1. The van der Waals surface area contributed by atoms with Gasteiger partial charge in [-0.1, -0.05) is 34.5 Å². The van der Waals surface area contributed by atoms with Gasteiger partial charge in [0.1, 0.15) is 19.5 Å². The lowest BCUT2D eigenvalue weighted by molar-refractivity contribution is -0.119. The van der Waals surface area contributed by atoms with Gasteiger partial charge < -0.3 is 18.8 Å². The first kappa shape index (κ1) is 18.3. The van der Waals surface area contributed by atoms with Crippen molar-refractivity contribution < 1.29 is 19.0 Å². The van der Waals surface area contributed by atoms with E-state index in [-0.39, 0.29) is 5.76 Å². The molecule has 2 aromatic rings. The molecule has 1 aromatic heterocycles. The summed E-state index contributed by atoms with van der Waals surface area (Å²) in [6.45, 7) is 4.26. The summed E-state index contributed by atoms with van der Waals surface area (Å²) >= 11 is 13.8. The molecule has 1 aromatic carbocycles. The number of amides is 1. The predicted molar refractivity (Wildman–Crippen MR) is 96.9 cm³/mol. The maximum Gasteiger partial charge on any atom is 0.317 e. The second-order valence-electron chi connectivity index (χ2n) is 5.09. The van der Waals surface area contributed by atoms with Crippen molar-refractivity contribution in [2.45, 2.75) is 13.5 Å². The number of thiazole rings is 1. The fourth-order valence-corrected chi connectivity index (χ4v) is 4.18. The van der Waals surface area contributed by atoms with E-state index in [2.05, 4.69) is 4.99 Å². The van der Waals surface area contributed by atoms with E-state index in [4.69, 9.17) is 37.4 Å². The van der Waals surface area contributed by atoms with Gasteiger partial charge in [0.25, 0.3) is 0 Å². The Labute approximate surface area is 158 Å². The number of aromatic nitrogens is 1. The number of benzene rings is 1. The highest BCUT2D eigenvalue weighted by atomic mass is 35.5. The van der Waals surface area contributed by atoms with Crippen molar-refractivity contribution in [3.63, 3.8) is 0 Å². The van der Waals surface area contributed by atoms with E-state index >= 15 is 0 Å². The van der Waals surface area contributed by atoms with Gasteiger partial charge in [0.15, 0.2) is 4.80 Å². The van der Waals surface area contributed by atoms with Crippen LogP contribution in [0.15, 0.2) is 29.1 Å². The third kappa shape index (κ3) is 4.17. The lowest BCUT2D eigenvalue weighted by Crippen LogP contribution is -2.21. The summed E-state index contributed by atoms with van der Waals surface area (Å²) < 4.78 is 18.5. The Hall–Kier alpha value is -1.54. The lowest BCUT2D eigenvalue weighted by Gasteiger charge is -2.12. The quantitative estimate of drug-likeness (QED) is 0.719. The van der Waals surface area contributed by atoms with Gasteiger partial charge in [0.2, 0.25) is 5.76 Å². The molecule has 0 radical (unpaired) electrons. The van der Waals surface area contributed by atoms with Crippen molar-refractivity contribution in [1.82, 2.24) is 4.57 Å². The van der Waals surface area contributed by atoms with Crippen LogP contribution in [-0.2, 0) is 25.5 Å². The van der Waals surface area contributed by atoms with Crippen LogP contribution in [0, 0.1) is 0 Å². The lowest BCUT2D eigenvalue weighted by atomic mass is 10.3. The van der Waals surface area contributed by atoms with E-state index in [1.165, 1.54) is 17.6 Å². The van der Waals surface area contributed by atoms with Crippen LogP contribution in [0.4, 0.5) is 0 Å². The molecule has 0 saturated carbocycles. The van der Waals surface area contributed by atoms with Gasteiger partial charge in [-0.15, -0.1) is 0 Å². The molecule has 1 amide bonds. The van der Waals surface area contributed by atoms with Crippen molar-refractivity contribution in [2.24, 2.45) is 4.99 Å². The SMILES string of the molecule is CCOCCn1c(=NC(=O)C2=COCCO2)sc2cc(Cl)cc(Cl)c21. The van der Waals surface area contributed by atoms with Gasteiger partial charge in [0, 0.05) is 18.2 Å². The van der Waals surface area contributed by atoms with Crippen LogP contribution in [0.1, 0.15) is 6.92 Å². The fourth-order valence-electron chi connectivity index (χ4n) is 2.34. The fraction of sp³-hybridized carbons (Fsp3) is 0.375. The van der Waals surface area contributed by atoms with Crippen LogP contribution in [0.5, 0.6) is 0 Å². The van der Waals surface area contributed by atoms with E-state index in [0.717, 1.165) is 10.2 Å². The summed E-state index contributed by atoms with van der Waals surface area (Å²) in [6.07, 6.45) is 1.29. The molecule has 9 heteroatoms. The van der Waals surface area contributed by atoms with Gasteiger partial charge in [-0.3, -0.25) is 4.79 Å². The standard InChI is InChI=1S/C16H16Cl2N2O4S/c1-2-22-4-3-20-14-11(18)7-10(17)8-13(14)25-16(20)19-15(21)12-9-23-5-6-24-12/h7-9H,2-6H2,1H3. The smallest absolute Gasteiger partial charge is 0.317 e. The van der Waals surface area contributed by atoms with E-state index in [0.29, 0.717) is 47.8 Å². The first-order valence-corrected chi connectivity index (χ1v) is 9.27. The van der Waals surface area contributed by atoms with Crippen LogP contribution >= 0.6 is 34.5 Å². The summed E-state index contributed by atoms with van der Waals surface area (Å²) in [4.78, 5) is 17.0. The molecular formula is C16H16Cl2N2O4S. The Morgan fingerprint density at radius 2 is 2.24 bits per heavy atom. The molecule has 0 unspecified atom stereocenters. The Bertz CT molecular complexity index is 888. The summed E-state index contributed by atoms with van der Waals surface area (Å²) in [7, 11) is 0. The van der Waals surface area contributed by atoms with Crippen molar-refractivity contribution in [1.29, 1.82) is 0 Å². The number of nitrogens with zero attached hydrogens (tertiary/aromatic N) is 2. The maximum absolute atomic E-state index is 12.3. The van der Waals surface area contributed by atoms with Crippen LogP contribution in [0.3, 0.4) is 0 Å². The first-order chi connectivity index (χ1) is 12.1. The van der Waals surface area contributed by atoms with E-state index in [9.17, 15) is 4.79 Å². The van der Waals surface area contributed by atoms with Crippen molar-refractivity contribution in [3.05, 3.63) is 39.0 Å². The zero-order valence-corrected chi connectivity index (χ0v) is 15.8. The average Bonchev–Trinajstić information content (AvgIpc) is 2.93. The second kappa shape index (κ2) is 8.23. The molecule has 0 atom stereocenters. The zero-order chi connectivity index (χ0) is 17.8. The van der Waals surface area contributed by atoms with Gasteiger partial charge in [0.05, 0.1) is 21.8 Å². The number of carbonyl (C=O) groups excluding carboxylic acids is 1. The highest BCUT2D eigenvalue weighted by molar-refractivity contribution is 7.16. The summed E-state index contributed by atoms with van der Waals surface area (Å²) in [6, 6.07) is 3.47. The Morgan fingerprint density at radius 3 is 2.96 bits per heavy atom. The molecule has 2 heterocycles. The topological polar surface area (TPSA) is 62.1 Å². The van der Waals surface area contributed by atoms with Gasteiger partial charge in [-0.25, -0.2) is 0 Å². The molecule has 0 fully saturated rings. The average molecular weight is 403 g/mol. The second-order valence-corrected chi connectivity index (χ2v) is 6.94. The highest BCUT2D eigenvalue weighted by Gasteiger charge is 2.17. The van der Waals surface area contributed by atoms with Crippen LogP contribution in [0.25, 0.3) is 10.2 Å². The maximum atomic E-state index is 12.3. The number of rotatable bonds is 5. The molecule has 134 valence electrons. The number of hydrogen-bond donors (Lipinski definition) is 0. The number of hydrogen-bond acceptors (Lipinski definition) is 5. The molecule has 25 heavy (non-hydrogen) atoms. The molecule has 6 nitrogen and oxygen atoms in total. The minimum Gasteiger partial charge on any atom is -0.494 e. The molecule has 1 aliphatic rings. The van der Waals surface area contributed by atoms with Crippen LogP contribution < -0.4 is 4.80 Å². The highest BCUT2D eigenvalue weighted by Crippen LogP contribution is 2.29. The molecule has 0 bridgehead atoms. The Balaban J connectivity index is 2.07. The molecule has 0 aliphatic carbocycles. The Kier molecular flexibility index (Phi) is 6.01. The van der Waals surface area contributed by atoms with Crippen molar-refractivity contribution in [2.75, 3.05) is 26.4 Å². The van der Waals surface area contributed by atoms with Crippen molar-refractivity contribution >= 4 is 50.7 Å². The summed E-state index contributed by atoms with van der Waals surface area (Å²) in [5.74, 6) is -0.414. The predicted octanol–water partition coefficient (Wildman–Crippen LogP) is 3.36. The van der Waals surface area contributed by atoms with E-state index in [1.807, 2.05) is 11.5 Å². The van der Waals surface area contributed by atoms with E-state index < -0.39 is 5.91 Å². The normalized spacial score (nSPS) is 15.0. The van der Waals surface area contributed by atoms with E-state index in [1.54, 1.807) is 12.1 Å². The molecule has 0 N–H and O–H groups in total. The van der Waals surface area contributed by atoms with Gasteiger partial charge in [-0.05, 0) is 19.1 Å². The largest absolute Gasteiger partial charge is 0.494 e. The third-order valence-corrected chi connectivity index (χ3v) is 4.95. The molecule has 0 saturated heterocycles. The zero-order valence-electron chi connectivity index (χ0n) is 13.5. The molecule has 1 aliphatic heterocycles. The molecule has 0 spiro atoms. The van der Waals surface area contributed by atoms with Crippen LogP contribution in [0.2, 0.25) is 10.0 Å². The minimum absolute atomic E-state index is 0.0872. The summed E-state index contributed by atoms with van der Waals surface area (Å²) in [5.41, 5.74) is 0.775. The third-order valence-electron chi connectivity index (χ3n) is 3.42. The number of ether oxygens (including phenoxy) is 3. The van der Waals surface area contributed by atoms with Crippen molar-refractivity contribution in [3.8, 4) is 0 Å². The molecular weight excluding hydrogens is 387 g/mol. The number of carbonyl (C=O) groups is 1. The van der Waals surface area contributed by atoms with Crippen LogP contribution in [-0.4, -0.2) is 36.9 Å². The first-order valence-electron chi connectivity index (χ1n) is 7.70. The minimum atomic E-state index is -0.501. The van der Waals surface area contributed by atoms with Gasteiger partial charge >= 0.3 is 5.91 Å². The monoisotopic (exact) mass is 402 g/mol. The summed E-state index contributed by atoms with van der Waals surface area (Å²) in [5, 5.41) is 1.03. The number of halogens is 2. The van der Waals surface area contributed by atoms with Gasteiger partial charge in [-0.2, -0.15) is 4.99 Å². The Morgan fingerprint density at radius 1 is 1.40 bits per heavy atom. The molecule has 3 rings (SSSR count).